The van der Waals surface area contributed by atoms with E-state index in [1.165, 1.54) is 0 Å². The van der Waals surface area contributed by atoms with Gasteiger partial charge in [-0.1, -0.05) is 6.92 Å². The van der Waals surface area contributed by atoms with Crippen molar-refractivity contribution in [2.24, 2.45) is 0 Å². The summed E-state index contributed by atoms with van der Waals surface area (Å²) in [6.45, 7) is 8.96. The first-order valence-electron chi connectivity index (χ1n) is 6.32. The lowest BCUT2D eigenvalue weighted by molar-refractivity contribution is -0.0163. The van der Waals surface area contributed by atoms with Crippen LogP contribution in [0.25, 0.3) is 0 Å². The monoisotopic (exact) mass is 250 g/mol. The van der Waals surface area contributed by atoms with Crippen LogP contribution >= 0.6 is 0 Å². The Morgan fingerprint density at radius 1 is 1.11 bits per heavy atom. The second-order valence-corrected chi connectivity index (χ2v) is 5.11. The number of hydrogen-bond acceptors (Lipinski definition) is 3. The van der Waals surface area contributed by atoms with Gasteiger partial charge in [-0.2, -0.15) is 0 Å². The predicted octanol–water partition coefficient (Wildman–Crippen LogP) is 3.47. The Labute approximate surface area is 109 Å². The number of ketones is 1. The summed E-state index contributed by atoms with van der Waals surface area (Å²) < 4.78 is 11.1. The van der Waals surface area contributed by atoms with Gasteiger partial charge < -0.3 is 9.47 Å². The third-order valence-corrected chi connectivity index (χ3v) is 2.38. The summed E-state index contributed by atoms with van der Waals surface area (Å²) in [5.74, 6) is 0.915. The summed E-state index contributed by atoms with van der Waals surface area (Å²) >= 11 is 0. The molecule has 0 atom stereocenters. The van der Waals surface area contributed by atoms with Gasteiger partial charge in [-0.25, -0.2) is 0 Å². The molecule has 3 heteroatoms. The van der Waals surface area contributed by atoms with Crippen molar-refractivity contribution in [1.29, 1.82) is 0 Å². The highest BCUT2D eigenvalue weighted by Crippen LogP contribution is 2.14. The number of benzene rings is 1. The zero-order valence-corrected chi connectivity index (χ0v) is 11.7. The Hall–Kier alpha value is -1.35. The summed E-state index contributed by atoms with van der Waals surface area (Å²) in [6, 6.07) is 7.23. The Kier molecular flexibility index (Phi) is 5.35. The highest BCUT2D eigenvalue weighted by Gasteiger charge is 2.09. The van der Waals surface area contributed by atoms with Crippen molar-refractivity contribution in [1.82, 2.24) is 0 Å². The molecule has 18 heavy (non-hydrogen) atoms. The summed E-state index contributed by atoms with van der Waals surface area (Å²) in [5, 5.41) is 0. The first kappa shape index (κ1) is 14.7. The SMILES string of the molecule is CCC(=O)c1ccc(OCCOC(C)(C)C)cc1. The van der Waals surface area contributed by atoms with E-state index in [9.17, 15) is 4.79 Å². The zero-order valence-electron chi connectivity index (χ0n) is 11.7. The van der Waals surface area contributed by atoms with Crippen LogP contribution in [0.1, 0.15) is 44.5 Å². The number of Topliss-reactive ketones (excluding diaryl/α,β-unsaturated/α-hetero) is 1. The average Bonchev–Trinajstić information content (AvgIpc) is 2.33. The van der Waals surface area contributed by atoms with Gasteiger partial charge in [0.1, 0.15) is 12.4 Å². The molecule has 1 aromatic carbocycles. The molecule has 0 aromatic heterocycles. The number of ether oxygens (including phenoxy) is 2. The Morgan fingerprint density at radius 3 is 2.22 bits per heavy atom. The largest absolute Gasteiger partial charge is 0.491 e. The van der Waals surface area contributed by atoms with Gasteiger partial charge in [0, 0.05) is 12.0 Å². The van der Waals surface area contributed by atoms with Crippen LogP contribution in [0.5, 0.6) is 5.75 Å². The molecular weight excluding hydrogens is 228 g/mol. The quantitative estimate of drug-likeness (QED) is 0.573. The predicted molar refractivity (Wildman–Crippen MR) is 72.3 cm³/mol. The van der Waals surface area contributed by atoms with Crippen molar-refractivity contribution in [3.63, 3.8) is 0 Å². The van der Waals surface area contributed by atoms with Crippen LogP contribution in [-0.2, 0) is 4.74 Å². The summed E-state index contributed by atoms with van der Waals surface area (Å²) in [5.41, 5.74) is 0.594. The number of rotatable bonds is 6. The van der Waals surface area contributed by atoms with Crippen molar-refractivity contribution in [2.45, 2.75) is 39.7 Å². The normalized spacial score (nSPS) is 11.3. The van der Waals surface area contributed by atoms with Gasteiger partial charge in [0.15, 0.2) is 5.78 Å². The van der Waals surface area contributed by atoms with E-state index >= 15 is 0 Å². The van der Waals surface area contributed by atoms with Crippen LogP contribution in [0.4, 0.5) is 0 Å². The summed E-state index contributed by atoms with van der Waals surface area (Å²) in [7, 11) is 0. The molecule has 0 saturated heterocycles. The Bertz CT molecular complexity index is 374. The van der Waals surface area contributed by atoms with E-state index in [0.717, 1.165) is 11.3 Å². The molecule has 0 N–H and O–H groups in total. The number of carbonyl (C=O) groups excluding carboxylic acids is 1. The third-order valence-electron chi connectivity index (χ3n) is 2.38. The molecule has 100 valence electrons. The van der Waals surface area contributed by atoms with Crippen LogP contribution in [0, 0.1) is 0 Å². The van der Waals surface area contributed by atoms with E-state index < -0.39 is 0 Å². The van der Waals surface area contributed by atoms with Gasteiger partial charge in [0.2, 0.25) is 0 Å². The van der Waals surface area contributed by atoms with Crippen LogP contribution in [0.2, 0.25) is 0 Å². The van der Waals surface area contributed by atoms with E-state index in [4.69, 9.17) is 9.47 Å². The topological polar surface area (TPSA) is 35.5 Å². The van der Waals surface area contributed by atoms with Crippen LogP contribution in [0.3, 0.4) is 0 Å². The fraction of sp³-hybridized carbons (Fsp3) is 0.533. The number of hydrogen-bond donors (Lipinski definition) is 0. The molecule has 0 heterocycles. The molecule has 0 spiro atoms. The highest BCUT2D eigenvalue weighted by molar-refractivity contribution is 5.95. The summed E-state index contributed by atoms with van der Waals surface area (Å²) in [6.07, 6.45) is 0.527. The lowest BCUT2D eigenvalue weighted by Gasteiger charge is -2.19. The molecular formula is C15H22O3. The average molecular weight is 250 g/mol. The van der Waals surface area contributed by atoms with E-state index in [1.807, 2.05) is 39.8 Å². The van der Waals surface area contributed by atoms with Gasteiger partial charge in [0.05, 0.1) is 12.2 Å². The van der Waals surface area contributed by atoms with Gasteiger partial charge in [0.25, 0.3) is 0 Å². The molecule has 1 aromatic rings. The van der Waals surface area contributed by atoms with Gasteiger partial charge >= 0.3 is 0 Å². The molecule has 0 aliphatic rings. The fourth-order valence-corrected chi connectivity index (χ4v) is 1.45. The van der Waals surface area contributed by atoms with Gasteiger partial charge in [-0.3, -0.25) is 4.79 Å². The number of carbonyl (C=O) groups is 1. The summed E-state index contributed by atoms with van der Waals surface area (Å²) in [4.78, 5) is 11.4. The molecule has 0 saturated carbocycles. The maximum atomic E-state index is 11.4. The molecule has 0 aliphatic heterocycles. The van der Waals surface area contributed by atoms with Crippen molar-refractivity contribution in [3.05, 3.63) is 29.8 Å². The smallest absolute Gasteiger partial charge is 0.162 e. The molecule has 1 rings (SSSR count). The first-order chi connectivity index (χ1) is 8.42. The lowest BCUT2D eigenvalue weighted by atomic mass is 10.1. The van der Waals surface area contributed by atoms with Crippen LogP contribution in [0.15, 0.2) is 24.3 Å². The van der Waals surface area contributed by atoms with E-state index in [-0.39, 0.29) is 11.4 Å². The van der Waals surface area contributed by atoms with Crippen molar-refractivity contribution < 1.29 is 14.3 Å². The molecule has 0 radical (unpaired) electrons. The molecule has 0 amide bonds. The maximum absolute atomic E-state index is 11.4. The second kappa shape index (κ2) is 6.55. The molecule has 0 bridgehead atoms. The second-order valence-electron chi connectivity index (χ2n) is 5.11. The molecule has 0 unspecified atom stereocenters. The Balaban J connectivity index is 2.38. The minimum Gasteiger partial charge on any atom is -0.491 e. The zero-order chi connectivity index (χ0) is 13.6. The van der Waals surface area contributed by atoms with Crippen molar-refractivity contribution in [3.8, 4) is 5.75 Å². The molecule has 0 fully saturated rings. The third kappa shape index (κ3) is 5.32. The van der Waals surface area contributed by atoms with E-state index in [1.54, 1.807) is 12.1 Å². The van der Waals surface area contributed by atoms with Crippen molar-refractivity contribution >= 4 is 5.78 Å². The van der Waals surface area contributed by atoms with Gasteiger partial charge in [-0.15, -0.1) is 0 Å². The molecule has 3 nitrogen and oxygen atoms in total. The fourth-order valence-electron chi connectivity index (χ4n) is 1.45. The molecule has 0 aliphatic carbocycles. The van der Waals surface area contributed by atoms with E-state index in [2.05, 4.69) is 0 Å². The first-order valence-corrected chi connectivity index (χ1v) is 6.32. The lowest BCUT2D eigenvalue weighted by Crippen LogP contribution is -2.22. The van der Waals surface area contributed by atoms with Crippen LogP contribution < -0.4 is 4.74 Å². The standard InChI is InChI=1S/C15H22O3/c1-5-14(16)12-6-8-13(9-7-12)17-10-11-18-15(2,3)4/h6-9H,5,10-11H2,1-4H3. The highest BCUT2D eigenvalue weighted by atomic mass is 16.5. The Morgan fingerprint density at radius 2 is 1.72 bits per heavy atom. The maximum Gasteiger partial charge on any atom is 0.162 e. The van der Waals surface area contributed by atoms with Crippen molar-refractivity contribution in [2.75, 3.05) is 13.2 Å². The minimum absolute atomic E-state index is 0.138. The van der Waals surface area contributed by atoms with Gasteiger partial charge in [-0.05, 0) is 45.0 Å². The van der Waals surface area contributed by atoms with E-state index in [0.29, 0.717) is 19.6 Å². The van der Waals surface area contributed by atoms with Crippen LogP contribution in [-0.4, -0.2) is 24.6 Å². The minimum atomic E-state index is -0.138.